The van der Waals surface area contributed by atoms with Crippen LogP contribution in [-0.2, 0) is 0 Å². The molecule has 0 saturated heterocycles. The van der Waals surface area contributed by atoms with E-state index in [4.69, 9.17) is 27.9 Å². The average molecular weight is 371 g/mol. The first-order valence-electron chi connectivity index (χ1n) is 5.84. The normalized spacial score (nSPS) is 11.3. The van der Waals surface area contributed by atoms with Gasteiger partial charge in [0.2, 0.25) is 5.88 Å². The Kier molecular flexibility index (Phi) is 5.00. The second-order valence-electron chi connectivity index (χ2n) is 4.03. The van der Waals surface area contributed by atoms with E-state index in [2.05, 4.69) is 25.9 Å². The van der Waals surface area contributed by atoms with Gasteiger partial charge in [0.1, 0.15) is 6.33 Å². The molecule has 6 nitrogen and oxygen atoms in total. The highest BCUT2D eigenvalue weighted by Gasteiger charge is 2.12. The maximum Gasteiger partial charge on any atom is 0.216 e. The second-order valence-corrected chi connectivity index (χ2v) is 5.38. The van der Waals surface area contributed by atoms with Crippen LogP contribution in [0.2, 0.25) is 5.02 Å². The van der Waals surface area contributed by atoms with Crippen molar-refractivity contribution in [1.82, 2.24) is 9.97 Å². The van der Waals surface area contributed by atoms with E-state index < -0.39 is 0 Å². The molecule has 110 valence electrons. The van der Waals surface area contributed by atoms with Crippen LogP contribution in [-0.4, -0.2) is 17.1 Å². The third-order valence-electron chi connectivity index (χ3n) is 2.63. The molecule has 21 heavy (non-hydrogen) atoms. The van der Waals surface area contributed by atoms with Crippen molar-refractivity contribution in [2.24, 2.45) is 11.6 Å². The smallest absolute Gasteiger partial charge is 0.216 e. The minimum Gasteiger partial charge on any atom is -0.481 e. The molecule has 4 N–H and O–H groups in total. The lowest BCUT2D eigenvalue weighted by Gasteiger charge is -2.18. The number of hydrazine groups is 1. The summed E-state index contributed by atoms with van der Waals surface area (Å²) in [6.45, 7) is 0. The number of halogens is 2. The zero-order valence-electron chi connectivity index (χ0n) is 11.1. The van der Waals surface area contributed by atoms with Crippen LogP contribution >= 0.6 is 27.5 Å². The Labute approximate surface area is 135 Å². The molecule has 1 aromatic carbocycles. The first kappa shape index (κ1) is 15.6. The number of anilines is 1. The van der Waals surface area contributed by atoms with Crippen molar-refractivity contribution in [3.63, 3.8) is 0 Å². The fourth-order valence-electron chi connectivity index (χ4n) is 1.74. The molecule has 0 aliphatic heterocycles. The maximum atomic E-state index is 6.07. The van der Waals surface area contributed by atoms with Crippen LogP contribution < -0.4 is 21.3 Å². The van der Waals surface area contributed by atoms with Gasteiger partial charge in [-0.05, 0) is 34.1 Å². The Hall–Kier alpha value is -1.83. The van der Waals surface area contributed by atoms with Crippen LogP contribution in [0, 0.1) is 0 Å². The SMILES string of the molecule is COc1cc(-c2cc(Cl)ccc2N(N)/C=C(\N)Br)ncn1. The lowest BCUT2D eigenvalue weighted by molar-refractivity contribution is 0.397. The average Bonchev–Trinajstić information content (AvgIpc) is 2.46. The number of nitrogens with zero attached hydrogens (tertiary/aromatic N) is 3. The van der Waals surface area contributed by atoms with Crippen molar-refractivity contribution in [3.05, 3.63) is 46.4 Å². The van der Waals surface area contributed by atoms with Gasteiger partial charge in [-0.15, -0.1) is 0 Å². The topological polar surface area (TPSA) is 90.3 Å². The van der Waals surface area contributed by atoms with Crippen molar-refractivity contribution in [2.45, 2.75) is 0 Å². The van der Waals surface area contributed by atoms with Crippen molar-refractivity contribution >= 4 is 33.2 Å². The summed E-state index contributed by atoms with van der Waals surface area (Å²) < 4.78 is 5.50. The van der Waals surface area contributed by atoms with Gasteiger partial charge in [-0.25, -0.2) is 15.8 Å². The molecule has 0 atom stereocenters. The number of ether oxygens (including phenoxy) is 1. The highest BCUT2D eigenvalue weighted by atomic mass is 79.9. The van der Waals surface area contributed by atoms with Gasteiger partial charge >= 0.3 is 0 Å². The quantitative estimate of drug-likeness (QED) is 0.488. The first-order valence-corrected chi connectivity index (χ1v) is 7.01. The molecule has 0 fully saturated rings. The summed E-state index contributed by atoms with van der Waals surface area (Å²) in [5.41, 5.74) is 7.63. The molecule has 0 aliphatic carbocycles. The van der Waals surface area contributed by atoms with Crippen LogP contribution in [0.4, 0.5) is 5.69 Å². The molecule has 8 heteroatoms. The van der Waals surface area contributed by atoms with Crippen LogP contribution in [0.25, 0.3) is 11.3 Å². The van der Waals surface area contributed by atoms with Crippen LogP contribution in [0.1, 0.15) is 0 Å². The molecule has 0 bridgehead atoms. The van der Waals surface area contributed by atoms with Crippen LogP contribution in [0.5, 0.6) is 5.88 Å². The molecule has 0 amide bonds. The summed E-state index contributed by atoms with van der Waals surface area (Å²) in [5.74, 6) is 6.43. The number of aromatic nitrogens is 2. The fraction of sp³-hybridized carbons (Fsp3) is 0.0769. The van der Waals surface area contributed by atoms with Gasteiger partial charge in [-0.1, -0.05) is 11.6 Å². The lowest BCUT2D eigenvalue weighted by atomic mass is 10.1. The number of nitrogens with two attached hydrogens (primary N) is 2. The Balaban J connectivity index is 2.55. The van der Waals surface area contributed by atoms with E-state index in [-0.39, 0.29) is 0 Å². The Bertz CT molecular complexity index is 675. The van der Waals surface area contributed by atoms with Gasteiger partial charge in [0.05, 0.1) is 29.3 Å². The predicted octanol–water partition coefficient (Wildman–Crippen LogP) is 2.64. The van der Waals surface area contributed by atoms with Crippen molar-refractivity contribution in [2.75, 3.05) is 12.1 Å². The molecule has 2 aromatic rings. The highest BCUT2D eigenvalue weighted by molar-refractivity contribution is 9.11. The Morgan fingerprint density at radius 2 is 2.14 bits per heavy atom. The third-order valence-corrected chi connectivity index (χ3v) is 3.07. The van der Waals surface area contributed by atoms with Crippen molar-refractivity contribution in [3.8, 4) is 17.1 Å². The molecule has 1 heterocycles. The molecular weight excluding hydrogens is 358 g/mol. The van der Waals surface area contributed by atoms with Crippen molar-refractivity contribution in [1.29, 1.82) is 0 Å². The summed E-state index contributed by atoms with van der Waals surface area (Å²) in [5, 5.41) is 1.94. The zero-order chi connectivity index (χ0) is 15.4. The molecular formula is C13H13BrClN5O. The lowest BCUT2D eigenvalue weighted by Crippen LogP contribution is -2.26. The first-order chi connectivity index (χ1) is 10.0. The van der Waals surface area contributed by atoms with Gasteiger partial charge in [0, 0.05) is 16.7 Å². The van der Waals surface area contributed by atoms with Gasteiger partial charge in [0.25, 0.3) is 0 Å². The molecule has 0 spiro atoms. The minimum atomic E-state index is 0.395. The minimum absolute atomic E-state index is 0.395. The fourth-order valence-corrected chi connectivity index (χ4v) is 2.13. The van der Waals surface area contributed by atoms with E-state index in [1.807, 2.05) is 0 Å². The second kappa shape index (κ2) is 6.75. The molecule has 0 unspecified atom stereocenters. The van der Waals surface area contributed by atoms with Crippen LogP contribution in [0.3, 0.4) is 0 Å². The number of methoxy groups -OCH3 is 1. The van der Waals surface area contributed by atoms with E-state index in [1.54, 1.807) is 24.3 Å². The molecule has 1 aromatic heterocycles. The number of hydrogen-bond acceptors (Lipinski definition) is 6. The molecule has 0 radical (unpaired) electrons. The van der Waals surface area contributed by atoms with E-state index in [9.17, 15) is 0 Å². The summed E-state index contributed by atoms with van der Waals surface area (Å²) in [7, 11) is 1.54. The van der Waals surface area contributed by atoms with Gasteiger partial charge in [-0.2, -0.15) is 0 Å². The number of rotatable bonds is 4. The summed E-state index contributed by atoms with van der Waals surface area (Å²) in [6.07, 6.45) is 2.94. The number of hydrogen-bond donors (Lipinski definition) is 2. The van der Waals surface area contributed by atoms with Gasteiger partial charge < -0.3 is 10.5 Å². The standard InChI is InChI=1S/C13H13BrClN5O/c1-21-13-5-10(18-7-19-13)9-4-8(15)2-3-11(9)20(17)6-12(14)16/h2-7H,16-17H2,1H3/b12-6-. The summed E-state index contributed by atoms with van der Waals surface area (Å²) in [6, 6.07) is 6.97. The van der Waals surface area contributed by atoms with E-state index in [0.717, 1.165) is 5.56 Å². The summed E-state index contributed by atoms with van der Waals surface area (Å²) in [4.78, 5) is 8.20. The maximum absolute atomic E-state index is 6.07. The largest absolute Gasteiger partial charge is 0.481 e. The molecule has 2 rings (SSSR count). The number of benzene rings is 1. The van der Waals surface area contributed by atoms with Gasteiger partial charge in [-0.3, -0.25) is 5.01 Å². The predicted molar refractivity (Wildman–Crippen MR) is 86.9 cm³/mol. The summed E-state index contributed by atoms with van der Waals surface area (Å²) >= 11 is 9.20. The third kappa shape index (κ3) is 3.84. The molecule has 0 aliphatic rings. The Morgan fingerprint density at radius 3 is 2.81 bits per heavy atom. The van der Waals surface area contributed by atoms with Crippen LogP contribution in [0.15, 0.2) is 41.4 Å². The molecule has 0 saturated carbocycles. The van der Waals surface area contributed by atoms with E-state index >= 15 is 0 Å². The van der Waals surface area contributed by atoms with E-state index in [0.29, 0.717) is 26.9 Å². The highest BCUT2D eigenvalue weighted by Crippen LogP contribution is 2.32. The van der Waals surface area contributed by atoms with Crippen molar-refractivity contribution < 1.29 is 4.74 Å². The monoisotopic (exact) mass is 369 g/mol. The Morgan fingerprint density at radius 1 is 1.38 bits per heavy atom. The zero-order valence-corrected chi connectivity index (χ0v) is 13.5. The van der Waals surface area contributed by atoms with E-state index in [1.165, 1.54) is 24.6 Å². The van der Waals surface area contributed by atoms with Gasteiger partial charge in [0.15, 0.2) is 0 Å².